The second kappa shape index (κ2) is 6.79. The fourth-order valence-corrected chi connectivity index (χ4v) is 4.88. The minimum atomic E-state index is 0.0402. The van der Waals surface area contributed by atoms with E-state index in [1.807, 2.05) is 43.5 Å². The van der Waals surface area contributed by atoms with Crippen LogP contribution in [0.5, 0.6) is 5.75 Å². The average molecular weight is 451 g/mol. The van der Waals surface area contributed by atoms with E-state index in [0.29, 0.717) is 23.3 Å². The summed E-state index contributed by atoms with van der Waals surface area (Å²) in [4.78, 5) is 19.2. The molecule has 1 aliphatic rings. The molecule has 6 heteroatoms. The molecular weight excluding hydrogens is 436 g/mol. The van der Waals surface area contributed by atoms with E-state index in [4.69, 9.17) is 4.74 Å². The maximum atomic E-state index is 12.9. The molecule has 0 radical (unpaired) electrons. The number of aromatic nitrogens is 2. The van der Waals surface area contributed by atoms with Gasteiger partial charge in [0, 0.05) is 44.0 Å². The number of rotatable bonds is 3. The fourth-order valence-electron chi connectivity index (χ4n) is 3.42. The van der Waals surface area contributed by atoms with Crippen LogP contribution in [0, 0.1) is 6.92 Å². The number of pyridine rings is 2. The minimum absolute atomic E-state index is 0.0402. The topological polar surface area (TPSA) is 44.1 Å². The molecule has 2 aromatic heterocycles. The Hall–Kier alpha value is -2.57. The third kappa shape index (κ3) is 2.93. The van der Waals surface area contributed by atoms with Crippen LogP contribution in [-0.4, -0.2) is 9.55 Å². The summed E-state index contributed by atoms with van der Waals surface area (Å²) in [6, 6.07) is 13.9. The maximum absolute atomic E-state index is 12.9. The fraction of sp³-hybridized carbons (Fsp3) is 0.0909. The first-order valence-corrected chi connectivity index (χ1v) is 10.4. The van der Waals surface area contributed by atoms with Gasteiger partial charge in [-0.3, -0.25) is 9.78 Å². The van der Waals surface area contributed by atoms with Gasteiger partial charge in [-0.2, -0.15) is 0 Å². The Balaban J connectivity index is 1.67. The first-order chi connectivity index (χ1) is 13.6. The van der Waals surface area contributed by atoms with Crippen molar-refractivity contribution >= 4 is 38.6 Å². The summed E-state index contributed by atoms with van der Waals surface area (Å²) >= 11 is 5.22. The Bertz CT molecular complexity index is 1290. The van der Waals surface area contributed by atoms with Gasteiger partial charge in [-0.15, -0.1) is 0 Å². The summed E-state index contributed by atoms with van der Waals surface area (Å²) in [5, 5.41) is 0.678. The van der Waals surface area contributed by atoms with Crippen LogP contribution < -0.4 is 10.2 Å². The second-order valence-corrected chi connectivity index (χ2v) is 8.69. The molecule has 0 N–H and O–H groups in total. The molecular formula is C22H15BrN2O2S. The highest BCUT2D eigenvalue weighted by atomic mass is 79.9. The van der Waals surface area contributed by atoms with E-state index in [2.05, 4.69) is 37.6 Å². The van der Waals surface area contributed by atoms with Crippen LogP contribution in [0.1, 0.15) is 11.1 Å². The molecule has 0 aliphatic carbocycles. The molecule has 0 fully saturated rings. The van der Waals surface area contributed by atoms with Gasteiger partial charge in [-0.1, -0.05) is 33.8 Å². The molecule has 0 atom stereocenters. The van der Waals surface area contributed by atoms with Crippen molar-refractivity contribution in [2.24, 2.45) is 0 Å². The van der Waals surface area contributed by atoms with Crippen molar-refractivity contribution in [3.8, 4) is 11.4 Å². The first kappa shape index (κ1) is 17.5. The lowest BCUT2D eigenvalue weighted by molar-refractivity contribution is 0.305. The summed E-state index contributed by atoms with van der Waals surface area (Å²) in [7, 11) is 0. The van der Waals surface area contributed by atoms with Gasteiger partial charge in [0.15, 0.2) is 5.43 Å². The Morgan fingerprint density at radius 3 is 2.89 bits per heavy atom. The number of aryl methyl sites for hydroxylation is 1. The predicted molar refractivity (Wildman–Crippen MR) is 115 cm³/mol. The molecule has 4 nitrogen and oxygen atoms in total. The second-order valence-electron chi connectivity index (χ2n) is 6.69. The van der Waals surface area contributed by atoms with Crippen molar-refractivity contribution in [3.63, 3.8) is 0 Å². The Kier molecular flexibility index (Phi) is 4.25. The SMILES string of the molecule is Cc1cn2c3c(cc(OCc4cccnc4)cc3c1=O)Sc1ccc(Br)cc1-2. The number of fused-ring (bicyclic) bond motifs is 2. The van der Waals surface area contributed by atoms with Crippen molar-refractivity contribution in [2.75, 3.05) is 0 Å². The number of hydrogen-bond donors (Lipinski definition) is 0. The van der Waals surface area contributed by atoms with E-state index in [1.165, 1.54) is 0 Å². The average Bonchev–Trinajstić information content (AvgIpc) is 2.71. The molecule has 0 saturated heterocycles. The van der Waals surface area contributed by atoms with Crippen LogP contribution in [0.2, 0.25) is 0 Å². The van der Waals surface area contributed by atoms with E-state index in [0.717, 1.165) is 31.0 Å². The van der Waals surface area contributed by atoms with Gasteiger partial charge in [0.2, 0.25) is 0 Å². The summed E-state index contributed by atoms with van der Waals surface area (Å²) in [6.45, 7) is 2.26. The van der Waals surface area contributed by atoms with Crippen LogP contribution in [-0.2, 0) is 6.61 Å². The van der Waals surface area contributed by atoms with E-state index < -0.39 is 0 Å². The van der Waals surface area contributed by atoms with E-state index in [9.17, 15) is 4.79 Å². The van der Waals surface area contributed by atoms with Crippen LogP contribution >= 0.6 is 27.7 Å². The molecule has 3 heterocycles. The van der Waals surface area contributed by atoms with Gasteiger partial charge in [0.25, 0.3) is 0 Å². The molecule has 0 amide bonds. The maximum Gasteiger partial charge on any atom is 0.192 e. The Morgan fingerprint density at radius 2 is 2.07 bits per heavy atom. The summed E-state index contributed by atoms with van der Waals surface area (Å²) in [6.07, 6.45) is 5.45. The normalized spacial score (nSPS) is 12.1. The zero-order chi connectivity index (χ0) is 19.3. The third-order valence-corrected chi connectivity index (χ3v) is 6.33. The van der Waals surface area contributed by atoms with Gasteiger partial charge in [0.05, 0.1) is 16.6 Å². The zero-order valence-electron chi connectivity index (χ0n) is 15.0. The van der Waals surface area contributed by atoms with E-state index >= 15 is 0 Å². The monoisotopic (exact) mass is 450 g/mol. The van der Waals surface area contributed by atoms with Gasteiger partial charge in [-0.25, -0.2) is 0 Å². The van der Waals surface area contributed by atoms with Crippen molar-refractivity contribution in [2.45, 2.75) is 23.3 Å². The highest BCUT2D eigenvalue weighted by molar-refractivity contribution is 9.10. The van der Waals surface area contributed by atoms with Crippen LogP contribution in [0.3, 0.4) is 0 Å². The summed E-state index contributed by atoms with van der Waals surface area (Å²) in [5.74, 6) is 0.689. The smallest absolute Gasteiger partial charge is 0.192 e. The molecule has 2 aromatic carbocycles. The molecule has 138 valence electrons. The van der Waals surface area contributed by atoms with Gasteiger partial charge in [-0.05, 0) is 43.3 Å². The van der Waals surface area contributed by atoms with Crippen molar-refractivity contribution in [1.82, 2.24) is 9.55 Å². The largest absolute Gasteiger partial charge is 0.489 e. The lowest BCUT2D eigenvalue weighted by Crippen LogP contribution is -2.14. The molecule has 0 spiro atoms. The number of nitrogens with zero attached hydrogens (tertiary/aromatic N) is 2. The molecule has 0 bridgehead atoms. The molecule has 1 aliphatic heterocycles. The van der Waals surface area contributed by atoms with E-state index in [1.54, 1.807) is 24.2 Å². The van der Waals surface area contributed by atoms with Crippen molar-refractivity contribution in [1.29, 1.82) is 0 Å². The van der Waals surface area contributed by atoms with Crippen LogP contribution in [0.4, 0.5) is 0 Å². The number of hydrogen-bond acceptors (Lipinski definition) is 4. The molecule has 28 heavy (non-hydrogen) atoms. The number of benzene rings is 2. The van der Waals surface area contributed by atoms with Gasteiger partial charge in [0.1, 0.15) is 12.4 Å². The van der Waals surface area contributed by atoms with Crippen molar-refractivity contribution < 1.29 is 4.74 Å². The molecule has 5 rings (SSSR count). The lowest BCUT2D eigenvalue weighted by atomic mass is 10.1. The molecule has 4 aromatic rings. The highest BCUT2D eigenvalue weighted by Crippen LogP contribution is 2.44. The van der Waals surface area contributed by atoms with E-state index in [-0.39, 0.29) is 5.43 Å². The zero-order valence-corrected chi connectivity index (χ0v) is 17.4. The number of ether oxygens (including phenoxy) is 1. The van der Waals surface area contributed by atoms with Crippen molar-refractivity contribution in [3.05, 3.63) is 86.9 Å². The van der Waals surface area contributed by atoms with Gasteiger partial charge < -0.3 is 9.30 Å². The molecule has 0 unspecified atom stereocenters. The minimum Gasteiger partial charge on any atom is -0.489 e. The van der Waals surface area contributed by atoms with Crippen LogP contribution in [0.15, 0.2) is 80.1 Å². The highest BCUT2D eigenvalue weighted by Gasteiger charge is 2.22. The third-order valence-electron chi connectivity index (χ3n) is 4.74. The Morgan fingerprint density at radius 1 is 1.18 bits per heavy atom. The summed E-state index contributed by atoms with van der Waals surface area (Å²) in [5.41, 5.74) is 3.74. The first-order valence-electron chi connectivity index (χ1n) is 8.79. The predicted octanol–water partition coefficient (Wildman–Crippen LogP) is 5.50. The standard InChI is InChI=1S/C22H15BrN2O2S/c1-13-11-25-18-7-15(23)4-5-19(18)28-20-9-16(8-17(21(20)25)22(13)26)27-12-14-3-2-6-24-10-14/h2-11H,12H2,1H3. The molecule has 0 saturated carbocycles. The number of halogens is 1. The van der Waals surface area contributed by atoms with Crippen LogP contribution in [0.25, 0.3) is 16.6 Å². The Labute approximate surface area is 174 Å². The van der Waals surface area contributed by atoms with Gasteiger partial charge >= 0.3 is 0 Å². The summed E-state index contributed by atoms with van der Waals surface area (Å²) < 4.78 is 9.12. The quantitative estimate of drug-likeness (QED) is 0.363. The lowest BCUT2D eigenvalue weighted by Gasteiger charge is -2.24.